The van der Waals surface area contributed by atoms with E-state index in [4.69, 9.17) is 9.47 Å². The molecule has 0 aliphatic rings. The van der Waals surface area contributed by atoms with Crippen molar-refractivity contribution in [1.82, 2.24) is 0 Å². The van der Waals surface area contributed by atoms with E-state index in [0.717, 1.165) is 11.1 Å². The second-order valence-corrected chi connectivity index (χ2v) is 7.02. The molecule has 0 aromatic heterocycles. The Morgan fingerprint density at radius 3 is 1.50 bits per heavy atom. The standard InChI is InChI=1S/C24H30O6/c1-3-29-23(27)9-5-7-17-11-13-21(25)19(15-17)20-16-18(12-14-22(20)26)8-6-10-24(28)30-4-2/h11-16,25-26H,3-10H2,1-2H3. The monoisotopic (exact) mass is 414 g/mol. The minimum atomic E-state index is -0.218. The molecule has 0 spiro atoms. The van der Waals surface area contributed by atoms with Gasteiger partial charge in [0.25, 0.3) is 0 Å². The molecule has 0 saturated carbocycles. The quantitative estimate of drug-likeness (QED) is 0.525. The summed E-state index contributed by atoms with van der Waals surface area (Å²) >= 11 is 0. The number of carbonyl (C=O) groups is 2. The Kier molecular flexibility index (Phi) is 9.19. The van der Waals surface area contributed by atoms with Gasteiger partial charge in [0.05, 0.1) is 13.2 Å². The summed E-state index contributed by atoms with van der Waals surface area (Å²) in [7, 11) is 0. The van der Waals surface area contributed by atoms with Crippen molar-refractivity contribution in [3.8, 4) is 22.6 Å². The predicted molar refractivity (Wildman–Crippen MR) is 114 cm³/mol. The van der Waals surface area contributed by atoms with Gasteiger partial charge in [-0.15, -0.1) is 0 Å². The van der Waals surface area contributed by atoms with Crippen molar-refractivity contribution in [3.63, 3.8) is 0 Å². The predicted octanol–water partition coefficient (Wildman–Crippen LogP) is 4.54. The molecule has 0 fully saturated rings. The van der Waals surface area contributed by atoms with E-state index in [2.05, 4.69) is 0 Å². The van der Waals surface area contributed by atoms with Crippen molar-refractivity contribution >= 4 is 11.9 Å². The maximum Gasteiger partial charge on any atom is 0.305 e. The maximum atomic E-state index is 11.5. The fourth-order valence-corrected chi connectivity index (χ4v) is 3.25. The zero-order chi connectivity index (χ0) is 21.9. The lowest BCUT2D eigenvalue weighted by Crippen LogP contribution is -2.04. The van der Waals surface area contributed by atoms with Crippen molar-refractivity contribution in [3.05, 3.63) is 47.5 Å². The number of rotatable bonds is 11. The van der Waals surface area contributed by atoms with Crippen molar-refractivity contribution in [2.75, 3.05) is 13.2 Å². The van der Waals surface area contributed by atoms with E-state index in [1.54, 1.807) is 26.0 Å². The fourth-order valence-electron chi connectivity index (χ4n) is 3.25. The van der Waals surface area contributed by atoms with Crippen molar-refractivity contribution in [2.24, 2.45) is 0 Å². The molecule has 0 aliphatic carbocycles. The first-order valence-corrected chi connectivity index (χ1v) is 10.4. The van der Waals surface area contributed by atoms with Crippen LogP contribution >= 0.6 is 0 Å². The van der Waals surface area contributed by atoms with Crippen LogP contribution in [0.5, 0.6) is 11.5 Å². The summed E-state index contributed by atoms with van der Waals surface area (Å²) in [6.07, 6.45) is 3.28. The molecular formula is C24H30O6. The van der Waals surface area contributed by atoms with Gasteiger partial charge in [0.15, 0.2) is 0 Å². The molecule has 0 atom stereocenters. The van der Waals surface area contributed by atoms with Gasteiger partial charge in [-0.2, -0.15) is 0 Å². The highest BCUT2D eigenvalue weighted by Crippen LogP contribution is 2.37. The number of carbonyl (C=O) groups excluding carboxylic acids is 2. The molecule has 6 nitrogen and oxygen atoms in total. The van der Waals surface area contributed by atoms with Gasteiger partial charge in [-0.25, -0.2) is 0 Å². The highest BCUT2D eigenvalue weighted by Gasteiger charge is 2.12. The van der Waals surface area contributed by atoms with E-state index in [1.165, 1.54) is 0 Å². The fraction of sp³-hybridized carbons (Fsp3) is 0.417. The van der Waals surface area contributed by atoms with Gasteiger partial charge in [-0.1, -0.05) is 12.1 Å². The smallest absolute Gasteiger partial charge is 0.305 e. The van der Waals surface area contributed by atoms with Crippen LogP contribution in [0.2, 0.25) is 0 Å². The number of aryl methyl sites for hydroxylation is 2. The Morgan fingerprint density at radius 2 is 1.13 bits per heavy atom. The van der Waals surface area contributed by atoms with Gasteiger partial charge >= 0.3 is 11.9 Å². The Labute approximate surface area is 177 Å². The number of hydrogen-bond acceptors (Lipinski definition) is 6. The molecule has 2 rings (SSSR count). The molecule has 0 amide bonds. The van der Waals surface area contributed by atoms with E-state index in [0.29, 0.717) is 62.9 Å². The molecule has 0 radical (unpaired) electrons. The van der Waals surface area contributed by atoms with Crippen LogP contribution in [-0.2, 0) is 31.9 Å². The van der Waals surface area contributed by atoms with E-state index >= 15 is 0 Å². The first kappa shape index (κ1) is 23.3. The van der Waals surface area contributed by atoms with Gasteiger partial charge in [0.2, 0.25) is 0 Å². The minimum absolute atomic E-state index is 0.0723. The molecule has 30 heavy (non-hydrogen) atoms. The molecule has 0 bridgehead atoms. The van der Waals surface area contributed by atoms with Crippen LogP contribution in [0.15, 0.2) is 36.4 Å². The minimum Gasteiger partial charge on any atom is -0.507 e. The molecule has 0 aliphatic heterocycles. The van der Waals surface area contributed by atoms with E-state index in [9.17, 15) is 19.8 Å². The summed E-state index contributed by atoms with van der Waals surface area (Å²) in [4.78, 5) is 23.0. The highest BCUT2D eigenvalue weighted by molar-refractivity contribution is 5.76. The Bertz CT molecular complexity index is 787. The van der Waals surface area contributed by atoms with Crippen molar-refractivity contribution in [1.29, 1.82) is 0 Å². The zero-order valence-electron chi connectivity index (χ0n) is 17.6. The normalized spacial score (nSPS) is 10.6. The van der Waals surface area contributed by atoms with E-state index in [-0.39, 0.29) is 23.4 Å². The molecule has 6 heteroatoms. The number of hydrogen-bond donors (Lipinski definition) is 2. The van der Waals surface area contributed by atoms with Gasteiger partial charge < -0.3 is 19.7 Å². The number of ether oxygens (including phenoxy) is 2. The molecular weight excluding hydrogens is 384 g/mol. The van der Waals surface area contributed by atoms with Crippen LogP contribution in [-0.4, -0.2) is 35.4 Å². The molecule has 2 N–H and O–H groups in total. The van der Waals surface area contributed by atoms with Crippen LogP contribution < -0.4 is 0 Å². The van der Waals surface area contributed by atoms with Crippen molar-refractivity contribution in [2.45, 2.75) is 52.4 Å². The number of esters is 2. The molecule has 0 unspecified atom stereocenters. The summed E-state index contributed by atoms with van der Waals surface area (Å²) in [5, 5.41) is 20.7. The molecule has 0 heterocycles. The third-order valence-corrected chi connectivity index (χ3v) is 4.72. The van der Waals surface area contributed by atoms with Crippen LogP contribution in [0, 0.1) is 0 Å². The van der Waals surface area contributed by atoms with E-state index in [1.807, 2.05) is 24.3 Å². The third kappa shape index (κ3) is 7.10. The second kappa shape index (κ2) is 11.9. The van der Waals surface area contributed by atoms with Gasteiger partial charge in [-0.3, -0.25) is 9.59 Å². The van der Waals surface area contributed by atoms with Crippen LogP contribution in [0.25, 0.3) is 11.1 Å². The summed E-state index contributed by atoms with van der Waals surface area (Å²) in [5.74, 6) is -0.291. The topological polar surface area (TPSA) is 93.1 Å². The molecule has 2 aromatic rings. The highest BCUT2D eigenvalue weighted by atomic mass is 16.5. The molecule has 2 aromatic carbocycles. The average molecular weight is 414 g/mol. The van der Waals surface area contributed by atoms with Gasteiger partial charge in [0, 0.05) is 24.0 Å². The number of phenols is 2. The SMILES string of the molecule is CCOC(=O)CCCc1ccc(O)c(-c2cc(CCCC(=O)OCC)ccc2O)c1. The van der Waals surface area contributed by atoms with Crippen LogP contribution in [0.3, 0.4) is 0 Å². The lowest BCUT2D eigenvalue weighted by Gasteiger charge is -2.12. The van der Waals surface area contributed by atoms with E-state index < -0.39 is 0 Å². The first-order chi connectivity index (χ1) is 14.4. The summed E-state index contributed by atoms with van der Waals surface area (Å²) in [6.45, 7) is 4.30. The number of aromatic hydroxyl groups is 2. The average Bonchev–Trinajstić information content (AvgIpc) is 2.71. The van der Waals surface area contributed by atoms with Crippen molar-refractivity contribution < 1.29 is 29.3 Å². The van der Waals surface area contributed by atoms with Gasteiger partial charge in [0.1, 0.15) is 11.5 Å². The van der Waals surface area contributed by atoms with Crippen LogP contribution in [0.1, 0.15) is 50.7 Å². The molecule has 162 valence electrons. The lowest BCUT2D eigenvalue weighted by molar-refractivity contribution is -0.144. The number of benzene rings is 2. The largest absolute Gasteiger partial charge is 0.507 e. The number of phenolic OH excluding ortho intramolecular Hbond substituents is 2. The van der Waals surface area contributed by atoms with Gasteiger partial charge in [-0.05, 0) is 74.9 Å². The Morgan fingerprint density at radius 1 is 0.733 bits per heavy atom. The third-order valence-electron chi connectivity index (χ3n) is 4.72. The Hall–Kier alpha value is -3.02. The zero-order valence-corrected chi connectivity index (χ0v) is 17.6. The summed E-state index contributed by atoms with van der Waals surface area (Å²) in [5.41, 5.74) is 2.99. The first-order valence-electron chi connectivity index (χ1n) is 10.4. The molecule has 0 saturated heterocycles. The summed E-state index contributed by atoms with van der Waals surface area (Å²) in [6, 6.07) is 10.5. The summed E-state index contributed by atoms with van der Waals surface area (Å²) < 4.78 is 9.88. The lowest BCUT2D eigenvalue weighted by atomic mass is 9.96. The Balaban J connectivity index is 2.09. The maximum absolute atomic E-state index is 11.5. The second-order valence-electron chi connectivity index (χ2n) is 7.02. The van der Waals surface area contributed by atoms with Crippen LogP contribution in [0.4, 0.5) is 0 Å².